The number of amides is 2. The molecule has 0 aliphatic carbocycles. The van der Waals surface area contributed by atoms with E-state index in [-0.39, 0.29) is 17.2 Å². The number of carbonyl (C=O) groups is 2. The number of ether oxygens (including phenoxy) is 2. The Morgan fingerprint density at radius 3 is 2.87 bits per heavy atom. The highest BCUT2D eigenvalue weighted by atomic mass is 19.1. The number of terminal acetylenes is 1. The molecule has 23 heavy (non-hydrogen) atoms. The normalized spacial score (nSPS) is 17.9. The molecule has 122 valence electrons. The highest BCUT2D eigenvalue weighted by Gasteiger charge is 2.25. The zero-order chi connectivity index (χ0) is 16.8. The summed E-state index contributed by atoms with van der Waals surface area (Å²) in [6.07, 6.45) is 6.20. The second kappa shape index (κ2) is 7.61. The van der Waals surface area contributed by atoms with Crippen molar-refractivity contribution >= 4 is 17.7 Å². The number of rotatable bonds is 4. The summed E-state index contributed by atoms with van der Waals surface area (Å²) in [4.78, 5) is 23.3. The predicted molar refractivity (Wildman–Crippen MR) is 81.4 cm³/mol. The summed E-state index contributed by atoms with van der Waals surface area (Å²) in [5, 5.41) is 5.12. The molecular weight excluding hydrogens is 303 g/mol. The van der Waals surface area contributed by atoms with Crippen LogP contribution in [0.1, 0.15) is 16.8 Å². The molecule has 0 saturated carbocycles. The standard InChI is InChI=1S/C16H17FN2O4/c1-3-14(10-6-7-23-9-10)19-16(21)18-11-4-5-12(13(17)8-11)15(20)22-2/h1,4-5,8,10,14H,6-7,9H2,2H3,(H2,18,19,21)/t10-,14-/m1/s1. The molecule has 0 radical (unpaired) electrons. The zero-order valence-corrected chi connectivity index (χ0v) is 12.6. The third-order valence-corrected chi connectivity index (χ3v) is 3.53. The number of halogens is 1. The molecule has 1 aliphatic heterocycles. The Labute approximate surface area is 133 Å². The van der Waals surface area contributed by atoms with E-state index in [1.54, 1.807) is 0 Å². The Balaban J connectivity index is 1.98. The molecule has 0 aromatic heterocycles. The summed E-state index contributed by atoms with van der Waals surface area (Å²) in [6.45, 7) is 1.12. The van der Waals surface area contributed by atoms with Crippen molar-refractivity contribution in [3.63, 3.8) is 0 Å². The van der Waals surface area contributed by atoms with Gasteiger partial charge in [0.1, 0.15) is 5.82 Å². The number of carbonyl (C=O) groups excluding carboxylic acids is 2. The molecule has 0 spiro atoms. The number of anilines is 1. The van der Waals surface area contributed by atoms with Gasteiger partial charge >= 0.3 is 12.0 Å². The van der Waals surface area contributed by atoms with E-state index in [2.05, 4.69) is 21.3 Å². The predicted octanol–water partition coefficient (Wildman–Crippen LogP) is 1.77. The molecule has 6 nitrogen and oxygen atoms in total. The molecule has 1 aromatic rings. The van der Waals surface area contributed by atoms with E-state index >= 15 is 0 Å². The minimum absolute atomic E-state index is 0.0594. The monoisotopic (exact) mass is 320 g/mol. The number of methoxy groups -OCH3 is 1. The van der Waals surface area contributed by atoms with Crippen molar-refractivity contribution in [2.75, 3.05) is 25.6 Å². The van der Waals surface area contributed by atoms with Crippen LogP contribution in [0.5, 0.6) is 0 Å². The Morgan fingerprint density at radius 1 is 1.52 bits per heavy atom. The number of benzene rings is 1. The van der Waals surface area contributed by atoms with Gasteiger partial charge in [0.05, 0.1) is 25.3 Å². The first kappa shape index (κ1) is 16.8. The molecule has 2 atom stereocenters. The maximum Gasteiger partial charge on any atom is 0.340 e. The Bertz CT molecular complexity index is 635. The molecule has 2 rings (SSSR count). The van der Waals surface area contributed by atoms with Crippen molar-refractivity contribution in [3.05, 3.63) is 29.6 Å². The van der Waals surface area contributed by atoms with E-state index in [0.29, 0.717) is 13.2 Å². The molecule has 1 heterocycles. The highest BCUT2D eigenvalue weighted by molar-refractivity contribution is 5.92. The molecule has 1 fully saturated rings. The van der Waals surface area contributed by atoms with Crippen molar-refractivity contribution in [1.29, 1.82) is 0 Å². The second-order valence-electron chi connectivity index (χ2n) is 5.05. The van der Waals surface area contributed by atoms with Gasteiger partial charge in [-0.3, -0.25) is 0 Å². The van der Waals surface area contributed by atoms with Crippen molar-refractivity contribution in [3.8, 4) is 12.3 Å². The van der Waals surface area contributed by atoms with Crippen LogP contribution in [0.2, 0.25) is 0 Å². The number of esters is 1. The maximum atomic E-state index is 13.8. The van der Waals surface area contributed by atoms with Gasteiger partial charge in [0.15, 0.2) is 0 Å². The smallest absolute Gasteiger partial charge is 0.340 e. The lowest BCUT2D eigenvalue weighted by atomic mass is 10.00. The van der Waals surface area contributed by atoms with Crippen molar-refractivity contribution in [1.82, 2.24) is 5.32 Å². The molecule has 0 unspecified atom stereocenters. The summed E-state index contributed by atoms with van der Waals surface area (Å²) in [5.41, 5.74) is -0.00541. The molecule has 1 aromatic carbocycles. The van der Waals surface area contributed by atoms with Gasteiger partial charge in [-0.05, 0) is 24.6 Å². The quantitative estimate of drug-likeness (QED) is 0.655. The van der Waals surface area contributed by atoms with E-state index in [1.807, 2.05) is 0 Å². The summed E-state index contributed by atoms with van der Waals surface area (Å²) < 4.78 is 23.5. The van der Waals surface area contributed by atoms with Crippen LogP contribution in [0.15, 0.2) is 18.2 Å². The minimum Gasteiger partial charge on any atom is -0.465 e. The van der Waals surface area contributed by atoms with E-state index in [9.17, 15) is 14.0 Å². The molecule has 2 amide bonds. The molecule has 2 N–H and O–H groups in total. The van der Waals surface area contributed by atoms with Crippen molar-refractivity contribution < 1.29 is 23.5 Å². The Hall–Kier alpha value is -2.59. The lowest BCUT2D eigenvalue weighted by Crippen LogP contribution is -2.42. The van der Waals surface area contributed by atoms with Crippen LogP contribution in [0.4, 0.5) is 14.9 Å². The number of hydrogen-bond acceptors (Lipinski definition) is 4. The third kappa shape index (κ3) is 4.20. The topological polar surface area (TPSA) is 76.7 Å². The number of urea groups is 1. The van der Waals surface area contributed by atoms with Crippen LogP contribution < -0.4 is 10.6 Å². The van der Waals surface area contributed by atoms with Crippen LogP contribution in [-0.2, 0) is 9.47 Å². The van der Waals surface area contributed by atoms with Crippen LogP contribution >= 0.6 is 0 Å². The SMILES string of the molecule is C#C[C@@H](NC(=O)Nc1ccc(C(=O)OC)c(F)c1)[C@@H]1CCOC1. The fourth-order valence-electron chi connectivity index (χ4n) is 2.29. The Kier molecular flexibility index (Phi) is 5.55. The fraction of sp³-hybridized carbons (Fsp3) is 0.375. The first-order chi connectivity index (χ1) is 11.0. The summed E-state index contributed by atoms with van der Waals surface area (Å²) in [6, 6.07) is 2.66. The largest absolute Gasteiger partial charge is 0.465 e. The van der Waals surface area contributed by atoms with E-state index in [1.165, 1.54) is 12.1 Å². The van der Waals surface area contributed by atoms with Gasteiger partial charge < -0.3 is 20.1 Å². The summed E-state index contributed by atoms with van der Waals surface area (Å²) >= 11 is 0. The first-order valence-electron chi connectivity index (χ1n) is 7.04. The van der Waals surface area contributed by atoms with Crippen molar-refractivity contribution in [2.24, 2.45) is 5.92 Å². The van der Waals surface area contributed by atoms with Gasteiger partial charge in [0.2, 0.25) is 0 Å². The van der Waals surface area contributed by atoms with Gasteiger partial charge in [0.25, 0.3) is 0 Å². The zero-order valence-electron chi connectivity index (χ0n) is 12.6. The first-order valence-corrected chi connectivity index (χ1v) is 7.04. The van der Waals surface area contributed by atoms with Crippen molar-refractivity contribution in [2.45, 2.75) is 12.5 Å². The van der Waals surface area contributed by atoms with Crippen LogP contribution in [0.3, 0.4) is 0 Å². The van der Waals surface area contributed by atoms with Crippen LogP contribution in [0.25, 0.3) is 0 Å². The average Bonchev–Trinajstić information content (AvgIpc) is 3.06. The molecule has 7 heteroatoms. The summed E-state index contributed by atoms with van der Waals surface area (Å²) in [5.74, 6) is 1.01. The molecule has 1 aliphatic rings. The van der Waals surface area contributed by atoms with E-state index in [4.69, 9.17) is 11.2 Å². The Morgan fingerprint density at radius 2 is 2.30 bits per heavy atom. The highest BCUT2D eigenvalue weighted by Crippen LogP contribution is 2.18. The number of nitrogens with one attached hydrogen (secondary N) is 2. The van der Waals surface area contributed by atoms with E-state index in [0.717, 1.165) is 19.6 Å². The van der Waals surface area contributed by atoms with Gasteiger partial charge in [-0.2, -0.15) is 0 Å². The lowest BCUT2D eigenvalue weighted by molar-refractivity contribution is 0.0595. The van der Waals surface area contributed by atoms with Gasteiger partial charge in [-0.15, -0.1) is 6.42 Å². The lowest BCUT2D eigenvalue weighted by Gasteiger charge is -2.18. The number of hydrogen-bond donors (Lipinski definition) is 2. The molecule has 0 bridgehead atoms. The van der Waals surface area contributed by atoms with E-state index < -0.39 is 23.9 Å². The fourth-order valence-corrected chi connectivity index (χ4v) is 2.29. The molecule has 1 saturated heterocycles. The second-order valence-corrected chi connectivity index (χ2v) is 5.05. The van der Waals surface area contributed by atoms with Gasteiger partial charge in [-0.25, -0.2) is 14.0 Å². The third-order valence-electron chi connectivity index (χ3n) is 3.53. The average molecular weight is 320 g/mol. The molecular formula is C16H17FN2O4. The van der Waals surface area contributed by atoms with Crippen LogP contribution in [0, 0.1) is 24.1 Å². The summed E-state index contributed by atoms with van der Waals surface area (Å²) in [7, 11) is 1.16. The van der Waals surface area contributed by atoms with Gasteiger partial charge in [0, 0.05) is 18.2 Å². The van der Waals surface area contributed by atoms with Crippen LogP contribution in [-0.4, -0.2) is 38.4 Å². The minimum atomic E-state index is -0.785. The maximum absolute atomic E-state index is 13.8. The van der Waals surface area contributed by atoms with Gasteiger partial charge in [-0.1, -0.05) is 5.92 Å².